The van der Waals surface area contributed by atoms with Gasteiger partial charge in [-0.05, 0) is 46.0 Å². The lowest BCUT2D eigenvalue weighted by molar-refractivity contribution is 0.132. The fourth-order valence-corrected chi connectivity index (χ4v) is 1.44. The van der Waals surface area contributed by atoms with Gasteiger partial charge in [0.05, 0.1) is 6.10 Å². The summed E-state index contributed by atoms with van der Waals surface area (Å²) < 4.78 is 5.48. The Hall–Kier alpha value is -0.300. The van der Waals surface area contributed by atoms with Gasteiger partial charge in [-0.15, -0.1) is 0 Å². The van der Waals surface area contributed by atoms with Gasteiger partial charge in [0.1, 0.15) is 0 Å². The fourth-order valence-electron chi connectivity index (χ4n) is 1.44. The second-order valence-electron chi connectivity index (χ2n) is 3.65. The summed E-state index contributed by atoms with van der Waals surface area (Å²) in [5.74, 6) is 0. The van der Waals surface area contributed by atoms with Crippen LogP contribution >= 0.6 is 0 Å². The summed E-state index contributed by atoms with van der Waals surface area (Å²) in [5.41, 5.74) is 1.41. The topological polar surface area (TPSA) is 9.23 Å². The average Bonchev–Trinajstić information content (AvgIpc) is 2.49. The molecule has 1 nitrogen and oxygen atoms in total. The lowest BCUT2D eigenvalue weighted by atomic mass is 10.1. The highest BCUT2D eigenvalue weighted by molar-refractivity contribution is 4.94. The Morgan fingerprint density at radius 2 is 2.25 bits per heavy atom. The smallest absolute Gasteiger partial charge is 0.0607 e. The van der Waals surface area contributed by atoms with E-state index in [1.165, 1.54) is 24.8 Å². The largest absolute Gasteiger partial charge is 0.378 e. The minimum Gasteiger partial charge on any atom is -0.378 e. The first-order valence-corrected chi connectivity index (χ1v) is 4.87. The summed E-state index contributed by atoms with van der Waals surface area (Å²) in [4.78, 5) is 0. The third kappa shape index (κ3) is 3.91. The predicted octanol–water partition coefficient (Wildman–Crippen LogP) is 3.12. The molecule has 1 saturated heterocycles. The Morgan fingerprint density at radius 3 is 2.83 bits per heavy atom. The van der Waals surface area contributed by atoms with Gasteiger partial charge in [0.25, 0.3) is 0 Å². The minimum atomic E-state index is 0.454. The summed E-state index contributed by atoms with van der Waals surface area (Å²) in [5, 5.41) is 0. The summed E-state index contributed by atoms with van der Waals surface area (Å²) in [6.45, 7) is 5.25. The first-order valence-electron chi connectivity index (χ1n) is 4.87. The van der Waals surface area contributed by atoms with E-state index >= 15 is 0 Å². The van der Waals surface area contributed by atoms with Crippen LogP contribution in [0.2, 0.25) is 0 Å². The van der Waals surface area contributed by atoms with E-state index in [1.54, 1.807) is 0 Å². The zero-order valence-electron chi connectivity index (χ0n) is 8.18. The standard InChI is InChI=1S/C11H19O/c1-10(2)6-3-4-7-11-8-5-9-12-11/h6-7,11H,3-5,8-9H2,1-2H3/t11-/m1/s1. The van der Waals surface area contributed by atoms with E-state index in [2.05, 4.69) is 26.3 Å². The summed E-state index contributed by atoms with van der Waals surface area (Å²) >= 11 is 0. The molecule has 0 spiro atoms. The van der Waals surface area contributed by atoms with E-state index < -0.39 is 0 Å². The molecule has 0 unspecified atom stereocenters. The molecule has 0 N–H and O–H groups in total. The molecule has 0 saturated carbocycles. The maximum atomic E-state index is 5.48. The van der Waals surface area contributed by atoms with Crippen LogP contribution in [-0.4, -0.2) is 12.7 Å². The van der Waals surface area contributed by atoms with Crippen LogP contribution in [-0.2, 0) is 4.74 Å². The molecule has 1 rings (SSSR count). The Labute approximate surface area is 75.8 Å². The van der Waals surface area contributed by atoms with Crippen molar-refractivity contribution in [2.45, 2.75) is 45.6 Å². The van der Waals surface area contributed by atoms with Gasteiger partial charge in [-0.3, -0.25) is 0 Å². The number of hydrogen-bond acceptors (Lipinski definition) is 1. The monoisotopic (exact) mass is 167 g/mol. The van der Waals surface area contributed by atoms with Crippen LogP contribution in [0.15, 0.2) is 11.6 Å². The molecule has 0 aromatic carbocycles. The first-order chi connectivity index (χ1) is 5.79. The zero-order valence-corrected chi connectivity index (χ0v) is 8.18. The van der Waals surface area contributed by atoms with Crippen molar-refractivity contribution < 1.29 is 4.74 Å². The van der Waals surface area contributed by atoms with Gasteiger partial charge in [0, 0.05) is 6.61 Å². The molecule has 0 amide bonds. The molecule has 1 aliphatic rings. The SMILES string of the molecule is CC(C)=CCC[CH][C@@H]1CCCO1. The molecule has 1 radical (unpaired) electrons. The van der Waals surface area contributed by atoms with E-state index in [0.29, 0.717) is 6.10 Å². The Kier molecular flexibility index (Phi) is 4.37. The lowest BCUT2D eigenvalue weighted by Gasteiger charge is -2.06. The first kappa shape index (κ1) is 9.79. The third-order valence-corrected chi connectivity index (χ3v) is 2.11. The Morgan fingerprint density at radius 1 is 1.42 bits per heavy atom. The highest BCUT2D eigenvalue weighted by Gasteiger charge is 2.14. The van der Waals surface area contributed by atoms with Crippen LogP contribution in [0.25, 0.3) is 0 Å². The number of allylic oxidation sites excluding steroid dienone is 2. The maximum absolute atomic E-state index is 5.48. The predicted molar refractivity (Wildman–Crippen MR) is 51.9 cm³/mol. The molecule has 0 aliphatic carbocycles. The van der Waals surface area contributed by atoms with E-state index in [0.717, 1.165) is 13.0 Å². The van der Waals surface area contributed by atoms with E-state index in [-0.39, 0.29) is 0 Å². The van der Waals surface area contributed by atoms with Crippen molar-refractivity contribution in [1.82, 2.24) is 0 Å². The average molecular weight is 167 g/mol. The molecule has 0 aromatic rings. The van der Waals surface area contributed by atoms with Crippen LogP contribution in [0, 0.1) is 6.42 Å². The maximum Gasteiger partial charge on any atom is 0.0607 e. The van der Waals surface area contributed by atoms with Crippen LogP contribution in [0.1, 0.15) is 39.5 Å². The summed E-state index contributed by atoms with van der Waals surface area (Å²) in [6, 6.07) is 0. The molecule has 1 aliphatic heterocycles. The van der Waals surface area contributed by atoms with Crippen molar-refractivity contribution in [2.24, 2.45) is 0 Å². The number of rotatable bonds is 4. The van der Waals surface area contributed by atoms with Gasteiger partial charge in [-0.25, -0.2) is 0 Å². The van der Waals surface area contributed by atoms with Crippen LogP contribution in [0.4, 0.5) is 0 Å². The summed E-state index contributed by atoms with van der Waals surface area (Å²) in [6.07, 6.45) is 9.85. The molecule has 1 fully saturated rings. The van der Waals surface area contributed by atoms with Crippen molar-refractivity contribution in [2.75, 3.05) is 6.61 Å². The molecular formula is C11H19O. The number of ether oxygens (including phenoxy) is 1. The highest BCUT2D eigenvalue weighted by Crippen LogP contribution is 2.16. The van der Waals surface area contributed by atoms with Crippen molar-refractivity contribution in [3.63, 3.8) is 0 Å². The van der Waals surface area contributed by atoms with Gasteiger partial charge >= 0.3 is 0 Å². The van der Waals surface area contributed by atoms with Crippen molar-refractivity contribution in [3.05, 3.63) is 18.1 Å². The fraction of sp³-hybridized carbons (Fsp3) is 0.727. The van der Waals surface area contributed by atoms with Crippen LogP contribution < -0.4 is 0 Å². The van der Waals surface area contributed by atoms with Gasteiger partial charge < -0.3 is 4.74 Å². The minimum absolute atomic E-state index is 0.454. The lowest BCUT2D eigenvalue weighted by Crippen LogP contribution is -2.04. The number of unbranched alkanes of at least 4 members (excludes halogenated alkanes) is 1. The van der Waals surface area contributed by atoms with Crippen molar-refractivity contribution >= 4 is 0 Å². The zero-order chi connectivity index (χ0) is 8.81. The van der Waals surface area contributed by atoms with Gasteiger partial charge in [-0.2, -0.15) is 0 Å². The second-order valence-corrected chi connectivity index (χ2v) is 3.65. The van der Waals surface area contributed by atoms with Crippen molar-refractivity contribution in [1.29, 1.82) is 0 Å². The molecule has 69 valence electrons. The molecule has 0 aromatic heterocycles. The second kappa shape index (κ2) is 5.36. The molecule has 1 heterocycles. The molecule has 12 heavy (non-hydrogen) atoms. The Bertz CT molecular complexity index is 139. The van der Waals surface area contributed by atoms with Gasteiger partial charge in [-0.1, -0.05) is 11.6 Å². The van der Waals surface area contributed by atoms with Crippen molar-refractivity contribution in [3.8, 4) is 0 Å². The van der Waals surface area contributed by atoms with Crippen LogP contribution in [0.3, 0.4) is 0 Å². The molecular weight excluding hydrogens is 148 g/mol. The summed E-state index contributed by atoms with van der Waals surface area (Å²) in [7, 11) is 0. The van der Waals surface area contributed by atoms with Gasteiger partial charge in [0.15, 0.2) is 0 Å². The van der Waals surface area contributed by atoms with E-state index in [1.807, 2.05) is 0 Å². The normalized spacial score (nSPS) is 22.7. The molecule has 0 bridgehead atoms. The molecule has 1 heteroatoms. The molecule has 1 atom stereocenters. The highest BCUT2D eigenvalue weighted by atomic mass is 16.5. The quantitative estimate of drug-likeness (QED) is 0.462. The van der Waals surface area contributed by atoms with E-state index in [4.69, 9.17) is 4.74 Å². The third-order valence-electron chi connectivity index (χ3n) is 2.11. The van der Waals surface area contributed by atoms with E-state index in [9.17, 15) is 0 Å². The van der Waals surface area contributed by atoms with Gasteiger partial charge in [0.2, 0.25) is 0 Å². The Balaban J connectivity index is 1.98. The van der Waals surface area contributed by atoms with Crippen LogP contribution in [0.5, 0.6) is 0 Å². The number of hydrogen-bond donors (Lipinski definition) is 0.